The van der Waals surface area contributed by atoms with Crippen molar-refractivity contribution in [1.82, 2.24) is 5.32 Å². The van der Waals surface area contributed by atoms with Crippen LogP contribution in [0.3, 0.4) is 0 Å². The first-order chi connectivity index (χ1) is 47.6. The minimum atomic E-state index is -1.80. The maximum atomic E-state index is 13.4. The van der Waals surface area contributed by atoms with Crippen LogP contribution in [0.15, 0.2) is 109 Å². The fourth-order valence-electron chi connectivity index (χ4n) is 12.4. The molecule has 2 heterocycles. The minimum Gasteiger partial charge on any atom is -0.394 e. The number of unbranched alkanes of at least 4 members (excludes halogenated alkanes) is 36. The molecule has 2 rings (SSSR count). The summed E-state index contributed by atoms with van der Waals surface area (Å²) in [6, 6.07) is -0.947. The van der Waals surface area contributed by atoms with Crippen LogP contribution in [-0.4, -0.2) is 140 Å². The summed E-state index contributed by atoms with van der Waals surface area (Å²) in [6.07, 6.45) is 78.8. The molecule has 0 aliphatic carbocycles. The summed E-state index contributed by atoms with van der Waals surface area (Å²) in [6.45, 7) is 2.69. The van der Waals surface area contributed by atoms with E-state index in [0.29, 0.717) is 12.8 Å². The molecular weight excluding hydrogens is 1220 g/mol. The number of carbonyl (C=O) groups is 1. The van der Waals surface area contributed by atoms with Crippen molar-refractivity contribution in [2.75, 3.05) is 19.8 Å². The van der Waals surface area contributed by atoms with Crippen LogP contribution in [0.5, 0.6) is 0 Å². The van der Waals surface area contributed by atoms with Crippen LogP contribution in [0, 0.1) is 0 Å². The molecule has 560 valence electrons. The Morgan fingerprint density at radius 1 is 0.381 bits per heavy atom. The van der Waals surface area contributed by atoms with Crippen molar-refractivity contribution in [1.29, 1.82) is 0 Å². The molecule has 12 unspecified atom stereocenters. The number of hydrogen-bond acceptors (Lipinski definition) is 13. The van der Waals surface area contributed by atoms with Gasteiger partial charge in [0.15, 0.2) is 12.6 Å². The maximum Gasteiger partial charge on any atom is 0.220 e. The average Bonchev–Trinajstić information content (AvgIpc) is 0.794. The molecule has 0 spiro atoms. The molecule has 1 amide bonds. The van der Waals surface area contributed by atoms with E-state index in [4.69, 9.17) is 18.9 Å². The van der Waals surface area contributed by atoms with Crippen LogP contribution in [0.4, 0.5) is 0 Å². The number of rotatable bonds is 65. The number of carbonyl (C=O) groups excluding carboxylic acids is 1. The van der Waals surface area contributed by atoms with Crippen molar-refractivity contribution in [2.24, 2.45) is 0 Å². The number of nitrogens with one attached hydrogen (secondary N) is 1. The monoisotopic (exact) mass is 1360 g/mol. The van der Waals surface area contributed by atoms with E-state index in [1.54, 1.807) is 6.08 Å². The van der Waals surface area contributed by atoms with Crippen LogP contribution in [0.2, 0.25) is 0 Å². The first kappa shape index (κ1) is 89.7. The molecule has 0 aromatic carbocycles. The lowest BCUT2D eigenvalue weighted by molar-refractivity contribution is -0.359. The largest absolute Gasteiger partial charge is 0.394 e. The summed E-state index contributed by atoms with van der Waals surface area (Å²) in [7, 11) is 0. The van der Waals surface area contributed by atoms with Gasteiger partial charge in [-0.15, -0.1) is 0 Å². The zero-order chi connectivity index (χ0) is 70.1. The smallest absolute Gasteiger partial charge is 0.220 e. The molecule has 0 aromatic heterocycles. The third kappa shape index (κ3) is 49.0. The lowest BCUT2D eigenvalue weighted by atomic mass is 9.97. The van der Waals surface area contributed by atoms with Crippen LogP contribution >= 0.6 is 0 Å². The van der Waals surface area contributed by atoms with E-state index in [1.807, 2.05) is 6.08 Å². The number of ether oxygens (including phenoxy) is 4. The Balaban J connectivity index is 1.65. The molecule has 97 heavy (non-hydrogen) atoms. The van der Waals surface area contributed by atoms with Crippen molar-refractivity contribution in [2.45, 2.75) is 389 Å². The molecule has 0 saturated carbocycles. The van der Waals surface area contributed by atoms with Gasteiger partial charge in [-0.3, -0.25) is 4.79 Å². The third-order valence-electron chi connectivity index (χ3n) is 18.7. The second-order valence-electron chi connectivity index (χ2n) is 27.4. The molecule has 9 N–H and O–H groups in total. The fraction of sp³-hybridized carbons (Fsp3) is 0.771. The van der Waals surface area contributed by atoms with Crippen LogP contribution < -0.4 is 5.32 Å². The highest BCUT2D eigenvalue weighted by Gasteiger charge is 2.51. The Labute approximate surface area is 591 Å². The summed E-state index contributed by atoms with van der Waals surface area (Å²) in [5.74, 6) is -0.255. The number of allylic oxidation sites excluding steroid dienone is 17. The van der Waals surface area contributed by atoms with Crippen molar-refractivity contribution < 1.29 is 64.6 Å². The Hall–Kier alpha value is -3.35. The van der Waals surface area contributed by atoms with Crippen molar-refractivity contribution in [3.8, 4) is 0 Å². The van der Waals surface area contributed by atoms with Crippen LogP contribution in [-0.2, 0) is 23.7 Å². The van der Waals surface area contributed by atoms with Crippen LogP contribution in [0.1, 0.15) is 316 Å². The number of aliphatic hydroxyl groups excluding tert-OH is 8. The van der Waals surface area contributed by atoms with E-state index in [9.17, 15) is 45.6 Å². The first-order valence-electron chi connectivity index (χ1n) is 39.6. The molecule has 0 bridgehead atoms. The third-order valence-corrected chi connectivity index (χ3v) is 18.7. The van der Waals surface area contributed by atoms with Gasteiger partial charge in [-0.25, -0.2) is 0 Å². The maximum absolute atomic E-state index is 13.4. The van der Waals surface area contributed by atoms with Gasteiger partial charge in [0.2, 0.25) is 5.91 Å². The quantitative estimate of drug-likeness (QED) is 0.0204. The second kappa shape index (κ2) is 65.9. The van der Waals surface area contributed by atoms with Gasteiger partial charge in [0.1, 0.15) is 48.8 Å². The lowest BCUT2D eigenvalue weighted by Crippen LogP contribution is -2.65. The fourth-order valence-corrected chi connectivity index (χ4v) is 12.4. The lowest BCUT2D eigenvalue weighted by Gasteiger charge is -2.46. The molecule has 14 heteroatoms. The standard InChI is InChI=1S/C83H145NO13/c1-3-5-7-9-11-13-15-17-19-21-23-25-27-29-31-33-35-36-37-39-41-43-45-47-49-51-53-55-57-59-61-63-65-67-75(88)84-71(70-94-82-80(93)78(91)81(74(69-86)96-82)97-83-79(92)77(90)76(89)73(68-85)95-83)72(87)66-64-62-60-58-56-54-52-50-48-46-44-42-40-38-34-32-30-28-26-24-22-20-18-16-14-12-10-8-6-4-2/h5,7,11,13,17,19,23,25,29,31,35-36,48,50,56,58,64,66,71-74,76-83,85-87,89-93H,3-4,6,8-10,12,14-16,18,20-22,24,26-28,30,32-34,37-47,49,51-55,57,59-63,65,67-70H2,1-2H3,(H,84,88)/b7-5-,13-11-,19-17-,25-23-,31-29-,36-35-,50-48+,58-56+,66-64+. The number of amides is 1. The highest BCUT2D eigenvalue weighted by molar-refractivity contribution is 5.76. The molecule has 2 saturated heterocycles. The second-order valence-corrected chi connectivity index (χ2v) is 27.4. The van der Waals surface area contributed by atoms with E-state index in [-0.39, 0.29) is 18.9 Å². The van der Waals surface area contributed by atoms with E-state index in [0.717, 1.165) is 83.5 Å². The van der Waals surface area contributed by atoms with E-state index < -0.39 is 86.8 Å². The summed E-state index contributed by atoms with van der Waals surface area (Å²) in [4.78, 5) is 13.4. The SMILES string of the molecule is CC/C=C\C/C=C\C/C=C\C/C=C\C/C=C\C/C=C\CCCCCCCCCCCCCCCCC(=O)NC(COC1OC(CO)C(OC2OC(CO)C(O)C(O)C2O)C(O)C1O)C(O)/C=C/CC/C=C/CC/C=C/CCCCCCCCCCCCCCCCCCCCCC. The van der Waals surface area contributed by atoms with Gasteiger partial charge in [-0.1, -0.05) is 322 Å². The molecule has 12 atom stereocenters. The summed E-state index contributed by atoms with van der Waals surface area (Å²) in [5.41, 5.74) is 0. The normalized spacial score (nSPS) is 22.7. The minimum absolute atomic E-state index is 0.255. The molecule has 2 fully saturated rings. The van der Waals surface area contributed by atoms with E-state index in [2.05, 4.69) is 116 Å². The number of aliphatic hydroxyl groups is 8. The highest BCUT2D eigenvalue weighted by atomic mass is 16.7. The Morgan fingerprint density at radius 2 is 0.722 bits per heavy atom. The first-order valence-corrected chi connectivity index (χ1v) is 39.6. The Bertz CT molecular complexity index is 2050. The summed E-state index contributed by atoms with van der Waals surface area (Å²) in [5, 5.41) is 87.6. The Kier molecular flexibility index (Phi) is 61.0. The summed E-state index contributed by atoms with van der Waals surface area (Å²) >= 11 is 0. The van der Waals surface area contributed by atoms with E-state index >= 15 is 0 Å². The average molecular weight is 1370 g/mol. The van der Waals surface area contributed by atoms with Crippen molar-refractivity contribution in [3.05, 3.63) is 109 Å². The summed E-state index contributed by atoms with van der Waals surface area (Å²) < 4.78 is 22.9. The molecule has 0 aromatic rings. The van der Waals surface area contributed by atoms with Gasteiger partial charge < -0.3 is 65.1 Å². The molecular formula is C83H145NO13. The van der Waals surface area contributed by atoms with Crippen molar-refractivity contribution >= 4 is 5.91 Å². The van der Waals surface area contributed by atoms with Gasteiger partial charge in [-0.05, 0) is 96.3 Å². The molecule has 14 nitrogen and oxygen atoms in total. The van der Waals surface area contributed by atoms with Gasteiger partial charge >= 0.3 is 0 Å². The van der Waals surface area contributed by atoms with Gasteiger partial charge in [-0.2, -0.15) is 0 Å². The number of hydrogen-bond donors (Lipinski definition) is 9. The zero-order valence-corrected chi connectivity index (χ0v) is 61.3. The molecule has 2 aliphatic heterocycles. The zero-order valence-electron chi connectivity index (χ0n) is 61.3. The predicted molar refractivity (Wildman–Crippen MR) is 401 cm³/mol. The van der Waals surface area contributed by atoms with Gasteiger partial charge in [0.25, 0.3) is 0 Å². The van der Waals surface area contributed by atoms with Crippen LogP contribution in [0.25, 0.3) is 0 Å². The van der Waals surface area contributed by atoms with Gasteiger partial charge in [0, 0.05) is 6.42 Å². The van der Waals surface area contributed by atoms with Crippen molar-refractivity contribution in [3.63, 3.8) is 0 Å². The topological polar surface area (TPSA) is 228 Å². The Morgan fingerprint density at radius 3 is 1.13 bits per heavy atom. The molecule has 2 aliphatic rings. The predicted octanol–water partition coefficient (Wildman–Crippen LogP) is 17.9. The van der Waals surface area contributed by atoms with Gasteiger partial charge in [0.05, 0.1) is 32.0 Å². The molecule has 0 radical (unpaired) electrons. The van der Waals surface area contributed by atoms with E-state index in [1.165, 1.54) is 199 Å². The highest BCUT2D eigenvalue weighted by Crippen LogP contribution is 2.30.